The second-order valence-electron chi connectivity index (χ2n) is 7.29. The average Bonchev–Trinajstić information content (AvgIpc) is 3.19. The summed E-state index contributed by atoms with van der Waals surface area (Å²) in [5.41, 5.74) is 3.00. The molecule has 1 aliphatic heterocycles. The lowest BCUT2D eigenvalue weighted by molar-refractivity contribution is -1.02. The first kappa shape index (κ1) is 18.7. The Morgan fingerprint density at radius 1 is 0.929 bits per heavy atom. The van der Waals surface area contributed by atoms with Crippen LogP contribution in [0.25, 0.3) is 11.3 Å². The molecule has 0 unspecified atom stereocenters. The number of hydrogen-bond acceptors (Lipinski definition) is 3. The molecule has 142 valence electrons. The van der Waals surface area contributed by atoms with Gasteiger partial charge in [-0.15, -0.1) is 0 Å². The van der Waals surface area contributed by atoms with Gasteiger partial charge in [0.2, 0.25) is 0 Å². The van der Waals surface area contributed by atoms with E-state index in [9.17, 15) is 0 Å². The highest BCUT2D eigenvalue weighted by Crippen LogP contribution is 2.22. The zero-order valence-corrected chi connectivity index (χ0v) is 16.4. The van der Waals surface area contributed by atoms with Gasteiger partial charge in [-0.2, -0.15) is 5.26 Å². The molecular weight excluding hydrogens is 372 g/mol. The predicted molar refractivity (Wildman–Crippen MR) is 107 cm³/mol. The fourth-order valence-corrected chi connectivity index (χ4v) is 3.78. The molecule has 0 bridgehead atoms. The minimum absolute atomic E-state index is 0.717. The molecule has 0 atom stereocenters. The Morgan fingerprint density at radius 2 is 1.57 bits per heavy atom. The molecule has 1 aromatic heterocycles. The number of nitrogens with zero attached hydrogens (tertiary/aromatic N) is 2. The lowest BCUT2D eigenvalue weighted by Crippen LogP contribution is -3.27. The average molecular weight is 395 g/mol. The molecular formula is C22H23ClN4O+2. The van der Waals surface area contributed by atoms with Crippen molar-refractivity contribution in [2.75, 3.05) is 26.2 Å². The summed E-state index contributed by atoms with van der Waals surface area (Å²) in [7, 11) is 0. The molecule has 2 heterocycles. The highest BCUT2D eigenvalue weighted by atomic mass is 35.5. The third kappa shape index (κ3) is 4.60. The number of quaternary nitrogens is 2. The molecule has 5 nitrogen and oxygen atoms in total. The summed E-state index contributed by atoms with van der Waals surface area (Å²) in [4.78, 5) is 7.55. The van der Waals surface area contributed by atoms with Gasteiger partial charge < -0.3 is 14.2 Å². The Balaban J connectivity index is 1.28. The Hall–Kier alpha value is -2.65. The number of oxazole rings is 1. The van der Waals surface area contributed by atoms with Gasteiger partial charge in [0, 0.05) is 16.1 Å². The first-order valence-corrected chi connectivity index (χ1v) is 9.94. The van der Waals surface area contributed by atoms with Crippen molar-refractivity contribution in [1.29, 1.82) is 5.26 Å². The van der Waals surface area contributed by atoms with Crippen LogP contribution in [0.15, 0.2) is 59.1 Å². The van der Waals surface area contributed by atoms with E-state index in [0.29, 0.717) is 5.02 Å². The van der Waals surface area contributed by atoms with Crippen molar-refractivity contribution in [1.82, 2.24) is 4.98 Å². The molecule has 1 saturated heterocycles. The summed E-state index contributed by atoms with van der Waals surface area (Å²) in [5.74, 6) is 1.58. The second kappa shape index (κ2) is 8.57. The van der Waals surface area contributed by atoms with Crippen LogP contribution in [0.4, 0.5) is 0 Å². The zero-order chi connectivity index (χ0) is 19.3. The van der Waals surface area contributed by atoms with Crippen LogP contribution in [0.3, 0.4) is 0 Å². The normalized spacial score (nSPS) is 19.3. The van der Waals surface area contributed by atoms with Gasteiger partial charge in [-0.1, -0.05) is 23.7 Å². The van der Waals surface area contributed by atoms with Gasteiger partial charge in [0.25, 0.3) is 5.89 Å². The monoisotopic (exact) mass is 394 g/mol. The van der Waals surface area contributed by atoms with Gasteiger partial charge >= 0.3 is 0 Å². The first-order chi connectivity index (χ1) is 13.7. The van der Waals surface area contributed by atoms with Crippen molar-refractivity contribution < 1.29 is 14.2 Å². The topological polar surface area (TPSA) is 58.7 Å². The number of nitriles is 1. The van der Waals surface area contributed by atoms with Crippen molar-refractivity contribution in [3.63, 3.8) is 0 Å². The molecule has 0 radical (unpaired) electrons. The Morgan fingerprint density at radius 3 is 2.21 bits per heavy atom. The minimum atomic E-state index is 0.717. The van der Waals surface area contributed by atoms with E-state index in [1.54, 1.807) is 11.1 Å². The lowest BCUT2D eigenvalue weighted by Gasteiger charge is -2.29. The van der Waals surface area contributed by atoms with Crippen LogP contribution in [-0.4, -0.2) is 31.2 Å². The van der Waals surface area contributed by atoms with Crippen LogP contribution < -0.4 is 9.80 Å². The number of benzene rings is 2. The summed E-state index contributed by atoms with van der Waals surface area (Å²) < 4.78 is 5.95. The smallest absolute Gasteiger partial charge is 0.250 e. The molecule has 2 aromatic carbocycles. The molecule has 3 aromatic rings. The van der Waals surface area contributed by atoms with E-state index in [-0.39, 0.29) is 0 Å². The van der Waals surface area contributed by atoms with Crippen LogP contribution in [0.5, 0.6) is 0 Å². The second-order valence-corrected chi connectivity index (χ2v) is 7.72. The molecule has 28 heavy (non-hydrogen) atoms. The van der Waals surface area contributed by atoms with Gasteiger partial charge in [0.05, 0.1) is 17.8 Å². The highest BCUT2D eigenvalue weighted by Gasteiger charge is 2.24. The van der Waals surface area contributed by atoms with Gasteiger partial charge in [-0.05, 0) is 36.4 Å². The molecule has 6 heteroatoms. The van der Waals surface area contributed by atoms with Crippen LogP contribution in [0.2, 0.25) is 5.02 Å². The number of nitrogens with one attached hydrogen (secondary N) is 2. The maximum Gasteiger partial charge on any atom is 0.250 e. The molecule has 0 spiro atoms. The maximum atomic E-state index is 8.90. The Kier molecular flexibility index (Phi) is 5.73. The summed E-state index contributed by atoms with van der Waals surface area (Å²) >= 11 is 5.95. The van der Waals surface area contributed by atoms with E-state index in [2.05, 4.69) is 23.2 Å². The number of hydrogen-bond donors (Lipinski definition) is 2. The summed E-state index contributed by atoms with van der Waals surface area (Å²) in [6.07, 6.45) is 1.80. The van der Waals surface area contributed by atoms with Gasteiger partial charge in [-0.25, -0.2) is 4.98 Å². The predicted octanol–water partition coefficient (Wildman–Crippen LogP) is 1.35. The van der Waals surface area contributed by atoms with Crippen LogP contribution in [-0.2, 0) is 13.1 Å². The summed E-state index contributed by atoms with van der Waals surface area (Å²) in [6, 6.07) is 17.7. The van der Waals surface area contributed by atoms with E-state index < -0.39 is 0 Å². The largest absolute Gasteiger partial charge is 0.435 e. The summed E-state index contributed by atoms with van der Waals surface area (Å²) in [6.45, 7) is 6.28. The van der Waals surface area contributed by atoms with Crippen LogP contribution in [0.1, 0.15) is 17.0 Å². The van der Waals surface area contributed by atoms with Crippen molar-refractivity contribution in [3.05, 3.63) is 76.8 Å². The fourth-order valence-electron chi connectivity index (χ4n) is 3.65. The van der Waals surface area contributed by atoms with Gasteiger partial charge in [0.1, 0.15) is 32.7 Å². The zero-order valence-electron chi connectivity index (χ0n) is 15.6. The van der Waals surface area contributed by atoms with Crippen molar-refractivity contribution >= 4 is 11.6 Å². The van der Waals surface area contributed by atoms with E-state index in [0.717, 1.165) is 62.0 Å². The SMILES string of the molecule is N#Cc1ccc(C[NH+]2CC[NH+](Cc3ncc(-c4ccc(Cl)cc4)o3)CC2)cc1. The van der Waals surface area contributed by atoms with Crippen LogP contribution in [0, 0.1) is 11.3 Å². The number of piperazine rings is 1. The van der Waals surface area contributed by atoms with Crippen molar-refractivity contribution in [2.24, 2.45) is 0 Å². The van der Waals surface area contributed by atoms with E-state index >= 15 is 0 Å². The molecule has 2 N–H and O–H groups in total. The number of aromatic nitrogens is 1. The lowest BCUT2D eigenvalue weighted by atomic mass is 10.1. The summed E-state index contributed by atoms with van der Waals surface area (Å²) in [5, 5.41) is 9.62. The molecule has 0 aliphatic carbocycles. The quantitative estimate of drug-likeness (QED) is 0.686. The Bertz CT molecular complexity index is 951. The van der Waals surface area contributed by atoms with E-state index in [4.69, 9.17) is 21.3 Å². The standard InChI is InChI=1S/C22H21ClN4O/c23-20-7-5-19(6-8-20)21-14-25-22(28-21)16-27-11-9-26(10-12-27)15-18-3-1-17(13-24)2-4-18/h1-8,14H,9-12,15-16H2/p+2. The number of halogens is 1. The van der Waals surface area contributed by atoms with E-state index in [1.165, 1.54) is 10.5 Å². The minimum Gasteiger partial charge on any atom is -0.435 e. The van der Waals surface area contributed by atoms with Gasteiger partial charge in [0.15, 0.2) is 12.3 Å². The molecule has 0 amide bonds. The third-order valence-electron chi connectivity index (χ3n) is 5.28. The molecule has 0 saturated carbocycles. The highest BCUT2D eigenvalue weighted by molar-refractivity contribution is 6.30. The van der Waals surface area contributed by atoms with E-state index in [1.807, 2.05) is 36.4 Å². The van der Waals surface area contributed by atoms with Gasteiger partial charge in [-0.3, -0.25) is 0 Å². The van der Waals surface area contributed by atoms with Crippen molar-refractivity contribution in [3.8, 4) is 17.4 Å². The molecule has 1 fully saturated rings. The van der Waals surface area contributed by atoms with Crippen LogP contribution >= 0.6 is 11.6 Å². The fraction of sp³-hybridized carbons (Fsp3) is 0.273. The third-order valence-corrected chi connectivity index (χ3v) is 5.54. The Labute approximate surface area is 169 Å². The maximum absolute atomic E-state index is 8.90. The molecule has 1 aliphatic rings. The first-order valence-electron chi connectivity index (χ1n) is 9.56. The number of rotatable bonds is 5. The van der Waals surface area contributed by atoms with Crippen molar-refractivity contribution in [2.45, 2.75) is 13.1 Å². The molecule has 4 rings (SSSR count).